The first-order chi connectivity index (χ1) is 15.2. The Morgan fingerprint density at radius 3 is 2.48 bits per heavy atom. The lowest BCUT2D eigenvalue weighted by atomic mass is 9.79. The number of para-hydroxylation sites is 2. The number of hydrogen-bond acceptors (Lipinski definition) is 5. The quantitative estimate of drug-likeness (QED) is 0.510. The monoisotopic (exact) mass is 430 g/mol. The fourth-order valence-electron chi connectivity index (χ4n) is 4.56. The summed E-state index contributed by atoms with van der Waals surface area (Å²) in [5.74, 6) is 1.21. The van der Waals surface area contributed by atoms with E-state index in [1.54, 1.807) is 18.4 Å². The summed E-state index contributed by atoms with van der Waals surface area (Å²) in [5, 5.41) is 7.28. The van der Waals surface area contributed by atoms with Gasteiger partial charge in [-0.15, -0.1) is 11.3 Å². The van der Waals surface area contributed by atoms with Crippen molar-refractivity contribution in [1.82, 2.24) is 0 Å². The molecule has 4 nitrogen and oxygen atoms in total. The van der Waals surface area contributed by atoms with Crippen LogP contribution in [0.2, 0.25) is 0 Å². The van der Waals surface area contributed by atoms with E-state index in [0.29, 0.717) is 6.42 Å². The molecule has 3 aromatic rings. The molecule has 2 atom stereocenters. The summed E-state index contributed by atoms with van der Waals surface area (Å²) >= 11 is 1.79. The van der Waals surface area contributed by atoms with Gasteiger partial charge in [-0.05, 0) is 60.7 Å². The van der Waals surface area contributed by atoms with Gasteiger partial charge < -0.3 is 15.4 Å². The maximum Gasteiger partial charge on any atom is 0.163 e. The van der Waals surface area contributed by atoms with E-state index < -0.39 is 0 Å². The highest BCUT2D eigenvalue weighted by Gasteiger charge is 2.36. The third kappa shape index (κ3) is 3.74. The number of ketones is 1. The van der Waals surface area contributed by atoms with Gasteiger partial charge in [-0.25, -0.2) is 0 Å². The molecule has 1 aromatic heterocycles. The van der Waals surface area contributed by atoms with E-state index in [0.717, 1.165) is 41.2 Å². The Labute approximate surface area is 187 Å². The zero-order valence-electron chi connectivity index (χ0n) is 17.8. The molecule has 5 heteroatoms. The van der Waals surface area contributed by atoms with Crippen molar-refractivity contribution in [3.8, 4) is 5.75 Å². The molecule has 5 rings (SSSR count). The molecule has 0 bridgehead atoms. The van der Waals surface area contributed by atoms with Crippen LogP contribution in [0.25, 0.3) is 0 Å². The van der Waals surface area contributed by atoms with Crippen LogP contribution in [-0.2, 0) is 11.2 Å². The van der Waals surface area contributed by atoms with Crippen molar-refractivity contribution in [3.05, 3.63) is 87.3 Å². The van der Waals surface area contributed by atoms with E-state index in [2.05, 4.69) is 54.0 Å². The van der Waals surface area contributed by atoms with E-state index in [1.165, 1.54) is 15.3 Å². The minimum absolute atomic E-state index is 0.124. The number of nitrogens with one attached hydrogen (secondary N) is 2. The van der Waals surface area contributed by atoms with Crippen LogP contribution in [0.5, 0.6) is 5.75 Å². The first-order valence-electron chi connectivity index (χ1n) is 10.8. The molecule has 1 aliphatic heterocycles. The highest BCUT2D eigenvalue weighted by Crippen LogP contribution is 2.45. The second-order valence-corrected chi connectivity index (χ2v) is 9.30. The van der Waals surface area contributed by atoms with Crippen LogP contribution in [0.3, 0.4) is 0 Å². The number of aryl methyl sites for hydroxylation is 1. The molecule has 0 spiro atoms. The largest absolute Gasteiger partial charge is 0.497 e. The van der Waals surface area contributed by atoms with E-state index in [-0.39, 0.29) is 17.7 Å². The van der Waals surface area contributed by atoms with E-state index in [1.807, 2.05) is 24.3 Å². The standard InChI is InChI=1S/C26H26N2O2S/c1-3-19-12-13-24(31-19)26-25-22(27-20-6-4-5-7-21(20)28-26)14-17(15-23(25)29)16-8-10-18(30-2)11-9-16/h4-13,17,26-28H,3,14-15H2,1-2H3. The molecule has 2 N–H and O–H groups in total. The summed E-state index contributed by atoms with van der Waals surface area (Å²) in [6, 6.07) is 20.5. The van der Waals surface area contributed by atoms with E-state index in [9.17, 15) is 4.79 Å². The Balaban J connectivity index is 1.56. The summed E-state index contributed by atoms with van der Waals surface area (Å²) in [6.45, 7) is 2.17. The summed E-state index contributed by atoms with van der Waals surface area (Å²) < 4.78 is 5.30. The lowest BCUT2D eigenvalue weighted by molar-refractivity contribution is -0.116. The molecule has 2 aromatic carbocycles. The molecule has 2 heterocycles. The molecule has 158 valence electrons. The Bertz CT molecular complexity index is 1150. The second-order valence-electron chi connectivity index (χ2n) is 8.10. The van der Waals surface area contributed by atoms with Gasteiger partial charge in [0, 0.05) is 27.4 Å². The van der Waals surface area contributed by atoms with Crippen molar-refractivity contribution >= 4 is 28.5 Å². The fraction of sp³-hybridized carbons (Fsp3) is 0.269. The van der Waals surface area contributed by atoms with Gasteiger partial charge in [0.15, 0.2) is 5.78 Å². The molecule has 0 amide bonds. The SMILES string of the molecule is CCc1ccc(C2Nc3ccccc3NC3=C2C(=O)CC(c2ccc(OC)cc2)C3)s1. The van der Waals surface area contributed by atoms with Gasteiger partial charge in [0.2, 0.25) is 0 Å². The molecule has 0 saturated carbocycles. The summed E-state index contributed by atoms with van der Waals surface area (Å²) in [6.07, 6.45) is 2.34. The molecule has 0 radical (unpaired) electrons. The number of anilines is 2. The first kappa shape index (κ1) is 19.9. The number of methoxy groups -OCH3 is 1. The van der Waals surface area contributed by atoms with Crippen LogP contribution >= 0.6 is 11.3 Å². The number of Topliss-reactive ketones (excluding diaryl/α,β-unsaturated/α-hetero) is 1. The van der Waals surface area contributed by atoms with Gasteiger partial charge in [-0.2, -0.15) is 0 Å². The number of hydrogen-bond donors (Lipinski definition) is 2. The van der Waals surface area contributed by atoms with Gasteiger partial charge in [0.25, 0.3) is 0 Å². The van der Waals surface area contributed by atoms with Crippen molar-refractivity contribution in [1.29, 1.82) is 0 Å². The average Bonchev–Trinajstić information content (AvgIpc) is 3.21. The second kappa shape index (κ2) is 8.23. The van der Waals surface area contributed by atoms with Crippen LogP contribution in [0.1, 0.15) is 47.0 Å². The third-order valence-electron chi connectivity index (χ3n) is 6.21. The number of carbonyl (C=O) groups excluding carboxylic acids is 1. The van der Waals surface area contributed by atoms with Crippen molar-refractivity contribution in [2.75, 3.05) is 17.7 Å². The molecule has 1 aliphatic carbocycles. The highest BCUT2D eigenvalue weighted by molar-refractivity contribution is 7.12. The lowest BCUT2D eigenvalue weighted by Gasteiger charge is -2.29. The topological polar surface area (TPSA) is 50.4 Å². The Morgan fingerprint density at radius 1 is 1.00 bits per heavy atom. The Hall–Kier alpha value is -3.05. The van der Waals surface area contributed by atoms with Crippen LogP contribution in [0.4, 0.5) is 11.4 Å². The van der Waals surface area contributed by atoms with Crippen LogP contribution in [0, 0.1) is 0 Å². The van der Waals surface area contributed by atoms with Crippen molar-refractivity contribution in [2.24, 2.45) is 0 Å². The summed E-state index contributed by atoms with van der Waals surface area (Å²) in [7, 11) is 1.67. The lowest BCUT2D eigenvalue weighted by Crippen LogP contribution is -2.26. The molecule has 0 saturated heterocycles. The van der Waals surface area contributed by atoms with Crippen LogP contribution in [-0.4, -0.2) is 12.9 Å². The molecule has 2 aliphatic rings. The number of fused-ring (bicyclic) bond motifs is 1. The van der Waals surface area contributed by atoms with Crippen LogP contribution < -0.4 is 15.4 Å². The third-order valence-corrected chi connectivity index (χ3v) is 7.51. The van der Waals surface area contributed by atoms with E-state index >= 15 is 0 Å². The minimum atomic E-state index is -0.124. The number of carbonyl (C=O) groups is 1. The van der Waals surface area contributed by atoms with Gasteiger partial charge in [-0.3, -0.25) is 4.79 Å². The number of allylic oxidation sites excluding steroid dienone is 1. The Kier molecular flexibility index (Phi) is 5.28. The number of rotatable bonds is 4. The average molecular weight is 431 g/mol. The molecular formula is C26H26N2O2S. The van der Waals surface area contributed by atoms with Gasteiger partial charge in [-0.1, -0.05) is 31.2 Å². The van der Waals surface area contributed by atoms with Crippen LogP contribution in [0.15, 0.2) is 71.9 Å². The number of ether oxygens (including phenoxy) is 1. The molecule has 2 unspecified atom stereocenters. The molecular weight excluding hydrogens is 404 g/mol. The highest BCUT2D eigenvalue weighted by atomic mass is 32.1. The smallest absolute Gasteiger partial charge is 0.163 e. The van der Waals surface area contributed by atoms with Gasteiger partial charge in [0.05, 0.1) is 24.5 Å². The Morgan fingerprint density at radius 2 is 1.77 bits per heavy atom. The minimum Gasteiger partial charge on any atom is -0.497 e. The zero-order chi connectivity index (χ0) is 21.4. The maximum atomic E-state index is 13.5. The summed E-state index contributed by atoms with van der Waals surface area (Å²) in [4.78, 5) is 16.1. The van der Waals surface area contributed by atoms with Crippen molar-refractivity contribution in [2.45, 2.75) is 38.1 Å². The predicted octanol–water partition coefficient (Wildman–Crippen LogP) is 6.30. The number of benzene rings is 2. The molecule has 0 fully saturated rings. The molecule has 31 heavy (non-hydrogen) atoms. The number of thiophene rings is 1. The van der Waals surface area contributed by atoms with Gasteiger partial charge >= 0.3 is 0 Å². The van der Waals surface area contributed by atoms with Gasteiger partial charge in [0.1, 0.15) is 5.75 Å². The normalized spacial score (nSPS) is 20.3. The fourth-order valence-corrected chi connectivity index (χ4v) is 5.57. The van der Waals surface area contributed by atoms with Crippen molar-refractivity contribution < 1.29 is 9.53 Å². The predicted molar refractivity (Wildman–Crippen MR) is 127 cm³/mol. The first-order valence-corrected chi connectivity index (χ1v) is 11.6. The maximum absolute atomic E-state index is 13.5. The zero-order valence-corrected chi connectivity index (χ0v) is 18.6. The van der Waals surface area contributed by atoms with Crippen molar-refractivity contribution in [3.63, 3.8) is 0 Å². The summed E-state index contributed by atoms with van der Waals surface area (Å²) in [5.41, 5.74) is 5.14. The van der Waals surface area contributed by atoms with E-state index in [4.69, 9.17) is 4.74 Å².